The molecule has 0 aromatic carbocycles. The van der Waals surface area contributed by atoms with Gasteiger partial charge in [-0.25, -0.2) is 9.63 Å². The average Bonchev–Trinajstić information content (AvgIpc) is 2.48. The first-order valence-electron chi connectivity index (χ1n) is 7.11. The van der Waals surface area contributed by atoms with Crippen LogP contribution < -0.4 is 5.43 Å². The zero-order valence-electron chi connectivity index (χ0n) is 13.2. The Labute approximate surface area is 133 Å². The van der Waals surface area contributed by atoms with E-state index in [2.05, 4.69) is 10.5 Å². The van der Waals surface area contributed by atoms with Crippen LogP contribution >= 0.6 is 0 Å². The second-order valence-electron chi connectivity index (χ2n) is 5.54. The zero-order chi connectivity index (χ0) is 16.3. The van der Waals surface area contributed by atoms with Crippen molar-refractivity contribution >= 4 is 27.7 Å². The van der Waals surface area contributed by atoms with Gasteiger partial charge in [0, 0.05) is 19.4 Å². The van der Waals surface area contributed by atoms with Gasteiger partial charge in [-0.05, 0) is 30.6 Å². The van der Waals surface area contributed by atoms with Crippen molar-refractivity contribution in [1.82, 2.24) is 5.43 Å². The molecule has 1 N–H and O–H groups in total. The Kier molecular flexibility index (Phi) is 5.26. The number of hydrazone groups is 1. The predicted molar refractivity (Wildman–Crippen MR) is 88.9 cm³/mol. The van der Waals surface area contributed by atoms with Gasteiger partial charge in [0.25, 0.3) is 0 Å². The van der Waals surface area contributed by atoms with Crippen molar-refractivity contribution in [1.29, 1.82) is 0 Å². The van der Waals surface area contributed by atoms with Gasteiger partial charge < -0.3 is 4.74 Å². The quantitative estimate of drug-likeness (QED) is 0.805. The molecule has 2 rings (SSSR count). The van der Waals surface area contributed by atoms with Crippen molar-refractivity contribution in [2.45, 2.75) is 33.3 Å². The van der Waals surface area contributed by atoms with Gasteiger partial charge in [-0.1, -0.05) is 25.2 Å². The predicted octanol–water partition coefficient (Wildman–Crippen LogP) is 1.73. The number of nitrogens with zero attached hydrogens (tertiary/aromatic N) is 1. The highest BCUT2D eigenvalue weighted by Gasteiger charge is 2.25. The third-order valence-corrected chi connectivity index (χ3v) is 4.54. The maximum absolute atomic E-state index is 11.3. The summed E-state index contributed by atoms with van der Waals surface area (Å²) in [5.41, 5.74) is 6.18. The normalized spacial score (nSPS) is 26.0. The lowest BCUT2D eigenvalue weighted by Gasteiger charge is -2.23. The van der Waals surface area contributed by atoms with Crippen molar-refractivity contribution in [3.63, 3.8) is 0 Å². The molecule has 0 aromatic heterocycles. The Morgan fingerprint density at radius 2 is 2.23 bits per heavy atom. The van der Waals surface area contributed by atoms with Crippen molar-refractivity contribution < 1.29 is 13.7 Å². The van der Waals surface area contributed by atoms with E-state index < -0.39 is 0 Å². The van der Waals surface area contributed by atoms with Crippen LogP contribution in [0.3, 0.4) is 0 Å². The summed E-state index contributed by atoms with van der Waals surface area (Å²) in [5, 5.41) is 4.15. The minimum Gasteiger partial charge on any atom is -0.371 e. The fourth-order valence-corrected chi connectivity index (χ4v) is 3.20. The number of ether oxygens (including phenoxy) is 1. The van der Waals surface area contributed by atoms with E-state index >= 15 is 0 Å². The van der Waals surface area contributed by atoms with Gasteiger partial charge in [-0.3, -0.25) is 4.79 Å². The topological polar surface area (TPSA) is 67.8 Å². The van der Waals surface area contributed by atoms with E-state index in [1.54, 1.807) is 7.11 Å². The highest BCUT2D eigenvalue weighted by Crippen LogP contribution is 2.23. The molecule has 0 radical (unpaired) electrons. The van der Waals surface area contributed by atoms with Crippen LogP contribution in [-0.2, 0) is 20.8 Å². The molecule has 1 amide bonds. The lowest BCUT2D eigenvalue weighted by molar-refractivity contribution is -0.121. The molecule has 0 saturated carbocycles. The molecule has 1 aliphatic heterocycles. The van der Waals surface area contributed by atoms with Gasteiger partial charge in [0.05, 0.1) is 21.8 Å². The Balaban J connectivity index is 2.35. The molecule has 1 aliphatic carbocycles. The summed E-state index contributed by atoms with van der Waals surface area (Å²) in [4.78, 5) is 12.0. The Bertz CT molecular complexity index is 667. The number of carbonyl (C=O) groups excluding carboxylic acids is 1. The number of rotatable bonds is 3. The maximum atomic E-state index is 11.3. The molecule has 5 nitrogen and oxygen atoms in total. The average molecular weight is 320 g/mol. The number of methoxy groups -OCH3 is 1. The van der Waals surface area contributed by atoms with Crippen LogP contribution in [0, 0.1) is 5.92 Å². The highest BCUT2D eigenvalue weighted by atomic mass is 32.1. The molecular formula is C16H20N2O3S. The molecule has 0 aromatic rings. The first-order chi connectivity index (χ1) is 10.5. The third-order valence-electron chi connectivity index (χ3n) is 3.83. The number of amides is 1. The molecule has 2 unspecified atom stereocenters. The minimum atomic E-state index is -0.350. The van der Waals surface area contributed by atoms with E-state index in [4.69, 9.17) is 4.74 Å². The van der Waals surface area contributed by atoms with Crippen LogP contribution in [-0.4, -0.2) is 33.9 Å². The van der Waals surface area contributed by atoms with E-state index in [1.807, 2.05) is 39.0 Å². The van der Waals surface area contributed by atoms with Crippen LogP contribution in [0.25, 0.3) is 0 Å². The van der Waals surface area contributed by atoms with E-state index in [-0.39, 0.29) is 17.9 Å². The lowest BCUT2D eigenvalue weighted by atomic mass is 9.90. The number of nitrogens with one attached hydrogen (secondary N) is 1. The summed E-state index contributed by atoms with van der Waals surface area (Å²) in [5.74, 6) is 0.0115. The number of hydrogen-bond donors (Lipinski definition) is 1. The summed E-state index contributed by atoms with van der Waals surface area (Å²) in [6.07, 6.45) is 5.93. The van der Waals surface area contributed by atoms with Crippen molar-refractivity contribution in [2.75, 3.05) is 7.11 Å². The smallest absolute Gasteiger partial charge is 0.240 e. The van der Waals surface area contributed by atoms with Gasteiger partial charge in [0.1, 0.15) is 6.10 Å². The standard InChI is InChI=1S/C16H20N2O3S/c1-9-5-6-12(15(21-4)16(9)22-20)7-10(2)14-11(3)8-13(19)17-18-14/h5-7,11,15H,8H2,1-4H3,(H,17,19). The number of hydrogen-bond acceptors (Lipinski definition) is 4. The fraction of sp³-hybridized carbons (Fsp3) is 0.438. The Morgan fingerprint density at radius 1 is 1.50 bits per heavy atom. The Hall–Kier alpha value is -1.79. The summed E-state index contributed by atoms with van der Waals surface area (Å²) in [6.45, 7) is 5.83. The van der Waals surface area contributed by atoms with E-state index in [9.17, 15) is 9.00 Å². The fourth-order valence-electron chi connectivity index (χ4n) is 2.68. The van der Waals surface area contributed by atoms with E-state index in [1.165, 1.54) is 0 Å². The van der Waals surface area contributed by atoms with Crippen molar-refractivity contribution in [3.05, 3.63) is 34.9 Å². The summed E-state index contributed by atoms with van der Waals surface area (Å²) in [7, 11) is 1.59. The van der Waals surface area contributed by atoms with Gasteiger partial charge in [-0.2, -0.15) is 5.10 Å². The largest absolute Gasteiger partial charge is 0.371 e. The zero-order valence-corrected chi connectivity index (χ0v) is 14.0. The minimum absolute atomic E-state index is 0.0624. The van der Waals surface area contributed by atoms with Gasteiger partial charge >= 0.3 is 0 Å². The van der Waals surface area contributed by atoms with Crippen molar-refractivity contribution in [3.8, 4) is 0 Å². The second-order valence-corrected chi connectivity index (χ2v) is 6.15. The van der Waals surface area contributed by atoms with Crippen LogP contribution in [0.1, 0.15) is 27.2 Å². The summed E-state index contributed by atoms with van der Waals surface area (Å²) in [6, 6.07) is 0. The van der Waals surface area contributed by atoms with E-state index in [0.29, 0.717) is 22.5 Å². The summed E-state index contributed by atoms with van der Waals surface area (Å²) >= 11 is 0.470. The first kappa shape index (κ1) is 16.6. The molecule has 2 aliphatic rings. The molecule has 118 valence electrons. The molecule has 0 spiro atoms. The molecule has 1 heterocycles. The third kappa shape index (κ3) is 3.34. The monoisotopic (exact) mass is 320 g/mol. The molecule has 22 heavy (non-hydrogen) atoms. The summed E-state index contributed by atoms with van der Waals surface area (Å²) < 4.78 is 16.8. The van der Waals surface area contributed by atoms with Crippen LogP contribution in [0.15, 0.2) is 40.0 Å². The van der Waals surface area contributed by atoms with Crippen molar-refractivity contribution in [2.24, 2.45) is 11.0 Å². The second kappa shape index (κ2) is 6.98. The maximum Gasteiger partial charge on any atom is 0.240 e. The van der Waals surface area contributed by atoms with Crippen LogP contribution in [0.4, 0.5) is 0 Å². The first-order valence-corrected chi connectivity index (χ1v) is 7.85. The molecule has 0 fully saturated rings. The van der Waals surface area contributed by atoms with Gasteiger partial charge in [-0.15, -0.1) is 0 Å². The Morgan fingerprint density at radius 3 is 2.82 bits per heavy atom. The molecule has 6 heteroatoms. The SMILES string of the molecule is COC1C(C=C(C)C2=NNC(=O)CC2C)=CC=C(C)C1=S=O. The lowest BCUT2D eigenvalue weighted by Crippen LogP contribution is -2.32. The van der Waals surface area contributed by atoms with Gasteiger partial charge in [0.2, 0.25) is 5.91 Å². The van der Waals surface area contributed by atoms with E-state index in [0.717, 1.165) is 22.4 Å². The molecule has 0 saturated heterocycles. The molecular weight excluding hydrogens is 300 g/mol. The number of allylic oxidation sites excluding steroid dienone is 3. The van der Waals surface area contributed by atoms with Gasteiger partial charge in [0.15, 0.2) is 0 Å². The van der Waals surface area contributed by atoms with Crippen LogP contribution in [0.5, 0.6) is 0 Å². The molecule has 0 bridgehead atoms. The highest BCUT2D eigenvalue weighted by molar-refractivity contribution is 7.67. The number of carbonyl (C=O) groups is 1. The molecule has 2 atom stereocenters. The van der Waals surface area contributed by atoms with Crippen LogP contribution in [0.2, 0.25) is 0 Å².